The van der Waals surface area contributed by atoms with Crippen molar-refractivity contribution in [3.8, 4) is 0 Å². The van der Waals surface area contributed by atoms with Crippen LogP contribution >= 0.6 is 45.5 Å². The largest absolute Gasteiger partial charge is 0.395 e. The van der Waals surface area contributed by atoms with Gasteiger partial charge in [-0.3, -0.25) is 0 Å². The zero-order valence-corrected chi connectivity index (χ0v) is 13.4. The number of nitrogen functional groups attached to an aromatic ring is 1. The Morgan fingerprint density at radius 1 is 1.21 bits per heavy atom. The van der Waals surface area contributed by atoms with Crippen LogP contribution in [-0.4, -0.2) is 4.98 Å². The number of hydrogen-bond donors (Lipinski definition) is 2. The topological polar surface area (TPSA) is 50.9 Å². The van der Waals surface area contributed by atoms with Crippen molar-refractivity contribution in [2.45, 2.75) is 0 Å². The molecule has 19 heavy (non-hydrogen) atoms. The normalized spacial score (nSPS) is 10.8. The number of aromatic nitrogens is 1. The van der Waals surface area contributed by atoms with Gasteiger partial charge in [-0.15, -0.1) is 11.3 Å². The lowest BCUT2D eigenvalue weighted by Gasteiger charge is -2.11. The Morgan fingerprint density at radius 2 is 2.00 bits per heavy atom. The third-order valence-corrected chi connectivity index (χ3v) is 4.66. The smallest absolute Gasteiger partial charge is 0.106 e. The van der Waals surface area contributed by atoms with Crippen LogP contribution in [-0.2, 0) is 0 Å². The minimum atomic E-state index is 0.671. The lowest BCUT2D eigenvalue weighted by Crippen LogP contribution is -1.98. The van der Waals surface area contributed by atoms with Crippen LogP contribution in [0.2, 0.25) is 5.02 Å². The number of fused-ring (bicyclic) bond motifs is 1. The minimum absolute atomic E-state index is 0.671. The fourth-order valence-electron chi connectivity index (χ4n) is 1.80. The maximum absolute atomic E-state index is 6.14. The van der Waals surface area contributed by atoms with Gasteiger partial charge in [0, 0.05) is 8.59 Å². The molecular formula is C13H9ClIN3S. The lowest BCUT2D eigenvalue weighted by atomic mass is 10.2. The van der Waals surface area contributed by atoms with Crippen LogP contribution in [0.25, 0.3) is 10.2 Å². The van der Waals surface area contributed by atoms with E-state index in [1.807, 2.05) is 30.3 Å². The minimum Gasteiger partial charge on any atom is -0.395 e. The van der Waals surface area contributed by atoms with E-state index in [9.17, 15) is 0 Å². The summed E-state index contributed by atoms with van der Waals surface area (Å²) in [5.41, 5.74) is 11.3. The molecule has 0 saturated heterocycles. The summed E-state index contributed by atoms with van der Waals surface area (Å²) in [7, 11) is 0. The van der Waals surface area contributed by atoms with Gasteiger partial charge in [-0.2, -0.15) is 0 Å². The monoisotopic (exact) mass is 401 g/mol. The summed E-state index contributed by atoms with van der Waals surface area (Å²) in [6, 6.07) is 9.69. The average Bonchev–Trinajstić information content (AvgIpc) is 2.85. The third kappa shape index (κ3) is 2.50. The van der Waals surface area contributed by atoms with Crippen LogP contribution < -0.4 is 11.1 Å². The van der Waals surface area contributed by atoms with Gasteiger partial charge in [0.05, 0.1) is 27.3 Å². The molecule has 0 bridgehead atoms. The predicted octanol–water partition coefficient (Wildman–Crippen LogP) is 4.88. The van der Waals surface area contributed by atoms with Crippen LogP contribution in [0, 0.1) is 3.57 Å². The van der Waals surface area contributed by atoms with Crippen LogP contribution in [0.1, 0.15) is 0 Å². The quantitative estimate of drug-likeness (QED) is 0.475. The number of rotatable bonds is 2. The van der Waals surface area contributed by atoms with Crippen LogP contribution in [0.5, 0.6) is 0 Å². The third-order valence-electron chi connectivity index (χ3n) is 2.74. The first kappa shape index (κ1) is 13.0. The number of anilines is 3. The van der Waals surface area contributed by atoms with E-state index >= 15 is 0 Å². The molecule has 0 unspecified atom stereocenters. The molecule has 0 aliphatic heterocycles. The van der Waals surface area contributed by atoms with E-state index in [1.54, 1.807) is 16.8 Å². The second-order valence-electron chi connectivity index (χ2n) is 3.98. The number of halogens is 2. The molecule has 0 atom stereocenters. The Labute approximate surface area is 132 Å². The van der Waals surface area contributed by atoms with E-state index in [0.29, 0.717) is 5.69 Å². The maximum Gasteiger partial charge on any atom is 0.106 e. The highest BCUT2D eigenvalue weighted by atomic mass is 127. The molecule has 0 spiro atoms. The summed E-state index contributed by atoms with van der Waals surface area (Å²) >= 11 is 9.77. The van der Waals surface area contributed by atoms with Crippen LogP contribution in [0.15, 0.2) is 35.8 Å². The zero-order valence-electron chi connectivity index (χ0n) is 9.65. The SMILES string of the molecule is Nc1c(Nc2ccc(Cl)cc2I)ccc2scnc12. The molecular weight excluding hydrogens is 393 g/mol. The highest BCUT2D eigenvalue weighted by molar-refractivity contribution is 14.1. The van der Waals surface area contributed by atoms with Crippen LogP contribution in [0.3, 0.4) is 0 Å². The van der Waals surface area contributed by atoms with E-state index in [0.717, 1.165) is 30.2 Å². The standard InChI is InChI=1S/C13H9ClIN3S/c14-7-1-2-9(8(15)5-7)18-10-3-4-11-13(12(10)16)17-6-19-11/h1-6,18H,16H2. The van der Waals surface area contributed by atoms with Crippen molar-refractivity contribution >= 4 is 72.8 Å². The summed E-state index contributed by atoms with van der Waals surface area (Å²) in [4.78, 5) is 4.29. The van der Waals surface area contributed by atoms with Crippen molar-refractivity contribution in [2.24, 2.45) is 0 Å². The summed E-state index contributed by atoms with van der Waals surface area (Å²) in [5.74, 6) is 0. The molecule has 0 aliphatic rings. The summed E-state index contributed by atoms with van der Waals surface area (Å²) in [5, 5.41) is 4.04. The van der Waals surface area contributed by atoms with Gasteiger partial charge >= 0.3 is 0 Å². The van der Waals surface area contributed by atoms with Crippen LogP contribution in [0.4, 0.5) is 17.1 Å². The van der Waals surface area contributed by atoms with Gasteiger partial charge < -0.3 is 11.1 Å². The number of benzene rings is 2. The molecule has 2 aromatic carbocycles. The Bertz CT molecular complexity index is 757. The van der Waals surface area contributed by atoms with Gasteiger partial charge in [-0.25, -0.2) is 4.98 Å². The first-order valence-corrected chi connectivity index (χ1v) is 7.82. The second-order valence-corrected chi connectivity index (χ2v) is 6.46. The molecule has 0 aliphatic carbocycles. The number of nitrogens with two attached hydrogens (primary N) is 1. The Kier molecular flexibility index (Phi) is 3.51. The molecule has 1 aromatic heterocycles. The van der Waals surface area contributed by atoms with Crippen molar-refractivity contribution in [1.29, 1.82) is 0 Å². The predicted molar refractivity (Wildman–Crippen MR) is 91.5 cm³/mol. The van der Waals surface area contributed by atoms with E-state index < -0.39 is 0 Å². The molecule has 1 heterocycles. The fraction of sp³-hybridized carbons (Fsp3) is 0. The van der Waals surface area contributed by atoms with Gasteiger partial charge in [-0.05, 0) is 52.9 Å². The van der Waals surface area contributed by atoms with Gasteiger partial charge in [0.1, 0.15) is 5.52 Å². The van der Waals surface area contributed by atoms with Crippen molar-refractivity contribution in [3.63, 3.8) is 0 Å². The molecule has 3 aromatic rings. The second kappa shape index (κ2) is 5.15. The molecule has 0 amide bonds. The van der Waals surface area contributed by atoms with E-state index in [1.165, 1.54) is 0 Å². The maximum atomic E-state index is 6.14. The molecule has 0 fully saturated rings. The molecule has 96 valence electrons. The average molecular weight is 402 g/mol. The van der Waals surface area contributed by atoms with E-state index in [4.69, 9.17) is 17.3 Å². The van der Waals surface area contributed by atoms with Gasteiger partial charge in [0.2, 0.25) is 0 Å². The molecule has 0 radical (unpaired) electrons. The van der Waals surface area contributed by atoms with Crippen molar-refractivity contribution in [3.05, 3.63) is 44.4 Å². The number of nitrogens with zero attached hydrogens (tertiary/aromatic N) is 1. The lowest BCUT2D eigenvalue weighted by molar-refractivity contribution is 1.48. The number of thiazole rings is 1. The van der Waals surface area contributed by atoms with Crippen molar-refractivity contribution in [2.75, 3.05) is 11.1 Å². The van der Waals surface area contributed by atoms with Gasteiger partial charge in [0.15, 0.2) is 0 Å². The number of nitrogens with one attached hydrogen (secondary N) is 1. The first-order chi connectivity index (χ1) is 9.15. The Morgan fingerprint density at radius 3 is 2.79 bits per heavy atom. The molecule has 3 N–H and O–H groups in total. The molecule has 6 heteroatoms. The van der Waals surface area contributed by atoms with Gasteiger partial charge in [-0.1, -0.05) is 11.6 Å². The molecule has 0 saturated carbocycles. The Hall–Kier alpha value is -1.05. The van der Waals surface area contributed by atoms with E-state index in [2.05, 4.69) is 32.9 Å². The van der Waals surface area contributed by atoms with Gasteiger partial charge in [0.25, 0.3) is 0 Å². The highest BCUT2D eigenvalue weighted by Crippen LogP contribution is 2.33. The highest BCUT2D eigenvalue weighted by Gasteiger charge is 2.08. The molecule has 3 nitrogen and oxygen atoms in total. The molecule has 3 rings (SSSR count). The first-order valence-electron chi connectivity index (χ1n) is 5.49. The number of hydrogen-bond acceptors (Lipinski definition) is 4. The summed E-state index contributed by atoms with van der Waals surface area (Å²) < 4.78 is 2.14. The van der Waals surface area contributed by atoms with E-state index in [-0.39, 0.29) is 0 Å². The summed E-state index contributed by atoms with van der Waals surface area (Å²) in [6.45, 7) is 0. The zero-order chi connectivity index (χ0) is 13.4. The van der Waals surface area contributed by atoms with Crippen molar-refractivity contribution in [1.82, 2.24) is 4.98 Å². The van der Waals surface area contributed by atoms with Crippen molar-refractivity contribution < 1.29 is 0 Å². The summed E-state index contributed by atoms with van der Waals surface area (Å²) in [6.07, 6.45) is 0. The Balaban J connectivity index is 2.03. The fourth-order valence-corrected chi connectivity index (χ4v) is 3.50.